The Balaban J connectivity index is 1.47. The SMILES string of the molecule is CN1CCN(CC(=O)Nc2ccc(C(=O)NCc3ccccc3)cc2)CC1=O. The molecule has 1 aliphatic rings. The Kier molecular flexibility index (Phi) is 6.39. The number of amides is 3. The minimum Gasteiger partial charge on any atom is -0.348 e. The largest absolute Gasteiger partial charge is 0.348 e. The summed E-state index contributed by atoms with van der Waals surface area (Å²) in [7, 11) is 1.76. The maximum absolute atomic E-state index is 12.2. The van der Waals surface area contributed by atoms with Crippen molar-refractivity contribution in [2.75, 3.05) is 38.5 Å². The lowest BCUT2D eigenvalue weighted by Crippen LogP contribution is -2.50. The summed E-state index contributed by atoms with van der Waals surface area (Å²) in [4.78, 5) is 39.6. The molecule has 3 rings (SSSR count). The molecule has 1 heterocycles. The molecule has 2 N–H and O–H groups in total. The molecule has 7 nitrogen and oxygen atoms in total. The van der Waals surface area contributed by atoms with E-state index in [1.807, 2.05) is 35.2 Å². The highest BCUT2D eigenvalue weighted by Crippen LogP contribution is 2.10. The number of anilines is 1. The molecule has 0 radical (unpaired) electrons. The van der Waals surface area contributed by atoms with Gasteiger partial charge in [0.1, 0.15) is 0 Å². The van der Waals surface area contributed by atoms with E-state index in [4.69, 9.17) is 0 Å². The Morgan fingerprint density at radius 3 is 2.39 bits per heavy atom. The Morgan fingerprint density at radius 1 is 1.00 bits per heavy atom. The average Bonchev–Trinajstić information content (AvgIpc) is 2.70. The van der Waals surface area contributed by atoms with Crippen molar-refractivity contribution in [3.05, 3.63) is 65.7 Å². The van der Waals surface area contributed by atoms with E-state index in [1.165, 1.54) is 0 Å². The van der Waals surface area contributed by atoms with Crippen LogP contribution in [0.1, 0.15) is 15.9 Å². The summed E-state index contributed by atoms with van der Waals surface area (Å²) in [5.41, 5.74) is 2.17. The van der Waals surface area contributed by atoms with Crippen molar-refractivity contribution < 1.29 is 14.4 Å². The lowest BCUT2D eigenvalue weighted by Gasteiger charge is -2.31. The predicted octanol–water partition coefficient (Wildman–Crippen LogP) is 1.33. The van der Waals surface area contributed by atoms with Gasteiger partial charge in [0.15, 0.2) is 0 Å². The van der Waals surface area contributed by atoms with Crippen molar-refractivity contribution in [2.24, 2.45) is 0 Å². The summed E-state index contributed by atoms with van der Waals surface area (Å²) in [6, 6.07) is 16.4. The molecule has 0 atom stereocenters. The lowest BCUT2D eigenvalue weighted by molar-refractivity contribution is -0.135. The van der Waals surface area contributed by atoms with Crippen LogP contribution in [-0.2, 0) is 16.1 Å². The monoisotopic (exact) mass is 380 g/mol. The minimum absolute atomic E-state index is 0.0184. The van der Waals surface area contributed by atoms with E-state index in [9.17, 15) is 14.4 Å². The van der Waals surface area contributed by atoms with E-state index in [0.717, 1.165) is 5.56 Å². The second-order valence-corrected chi connectivity index (χ2v) is 6.82. The van der Waals surface area contributed by atoms with Crippen LogP contribution in [0.3, 0.4) is 0 Å². The number of benzene rings is 2. The van der Waals surface area contributed by atoms with Gasteiger partial charge in [0.05, 0.1) is 13.1 Å². The van der Waals surface area contributed by atoms with Crippen LogP contribution in [-0.4, -0.2) is 60.7 Å². The van der Waals surface area contributed by atoms with Gasteiger partial charge in [0.25, 0.3) is 5.91 Å². The van der Waals surface area contributed by atoms with Gasteiger partial charge in [0, 0.05) is 37.9 Å². The summed E-state index contributed by atoms with van der Waals surface area (Å²) < 4.78 is 0. The first-order chi connectivity index (χ1) is 13.5. The Hall–Kier alpha value is -3.19. The molecular formula is C21H24N4O3. The molecule has 0 unspecified atom stereocenters. The van der Waals surface area contributed by atoms with Crippen molar-refractivity contribution in [1.82, 2.24) is 15.1 Å². The summed E-state index contributed by atoms with van der Waals surface area (Å²) >= 11 is 0. The number of piperazine rings is 1. The maximum atomic E-state index is 12.2. The quantitative estimate of drug-likeness (QED) is 0.792. The van der Waals surface area contributed by atoms with Gasteiger partial charge in [-0.25, -0.2) is 0 Å². The van der Waals surface area contributed by atoms with Crippen LogP contribution in [0, 0.1) is 0 Å². The van der Waals surface area contributed by atoms with E-state index in [1.54, 1.807) is 36.2 Å². The predicted molar refractivity (Wildman–Crippen MR) is 107 cm³/mol. The van der Waals surface area contributed by atoms with E-state index < -0.39 is 0 Å². The van der Waals surface area contributed by atoms with Gasteiger partial charge in [-0.1, -0.05) is 30.3 Å². The van der Waals surface area contributed by atoms with E-state index in [2.05, 4.69) is 10.6 Å². The second-order valence-electron chi connectivity index (χ2n) is 6.82. The van der Waals surface area contributed by atoms with Crippen LogP contribution in [0.4, 0.5) is 5.69 Å². The molecule has 3 amide bonds. The Bertz CT molecular complexity index is 836. The molecule has 0 aliphatic carbocycles. The molecule has 1 saturated heterocycles. The van der Waals surface area contributed by atoms with Crippen LogP contribution in [0.2, 0.25) is 0 Å². The third-order valence-electron chi connectivity index (χ3n) is 4.63. The van der Waals surface area contributed by atoms with Gasteiger partial charge in [-0.2, -0.15) is 0 Å². The molecule has 0 bridgehead atoms. The first kappa shape index (κ1) is 19.6. The third kappa shape index (κ3) is 5.40. The number of nitrogens with one attached hydrogen (secondary N) is 2. The zero-order valence-corrected chi connectivity index (χ0v) is 15.9. The highest BCUT2D eigenvalue weighted by molar-refractivity contribution is 5.96. The number of likely N-dealkylation sites (N-methyl/N-ethyl adjacent to an activating group) is 1. The van der Waals surface area contributed by atoms with Gasteiger partial charge in [-0.15, -0.1) is 0 Å². The number of hydrogen-bond acceptors (Lipinski definition) is 4. The van der Waals surface area contributed by atoms with Crippen molar-refractivity contribution in [1.29, 1.82) is 0 Å². The Labute approximate surface area is 164 Å². The maximum Gasteiger partial charge on any atom is 0.251 e. The van der Waals surface area contributed by atoms with Crippen molar-refractivity contribution in [3.8, 4) is 0 Å². The molecule has 0 spiro atoms. The fourth-order valence-corrected chi connectivity index (χ4v) is 2.93. The molecule has 146 valence electrons. The summed E-state index contributed by atoms with van der Waals surface area (Å²) in [5, 5.41) is 5.67. The van der Waals surface area contributed by atoms with Crippen molar-refractivity contribution in [2.45, 2.75) is 6.54 Å². The molecule has 0 saturated carbocycles. The summed E-state index contributed by atoms with van der Waals surface area (Å²) in [5.74, 6) is -0.332. The first-order valence-corrected chi connectivity index (χ1v) is 9.19. The highest BCUT2D eigenvalue weighted by atomic mass is 16.2. The number of nitrogens with zero attached hydrogens (tertiary/aromatic N) is 2. The van der Waals surface area contributed by atoms with Crippen LogP contribution in [0.25, 0.3) is 0 Å². The molecule has 1 fully saturated rings. The van der Waals surface area contributed by atoms with Gasteiger partial charge in [-0.05, 0) is 29.8 Å². The summed E-state index contributed by atoms with van der Waals surface area (Å²) in [6.07, 6.45) is 0. The zero-order chi connectivity index (χ0) is 19.9. The van der Waals surface area contributed by atoms with Crippen LogP contribution in [0.5, 0.6) is 0 Å². The fraction of sp³-hybridized carbons (Fsp3) is 0.286. The number of hydrogen-bond donors (Lipinski definition) is 2. The topological polar surface area (TPSA) is 81.8 Å². The van der Waals surface area contributed by atoms with Gasteiger partial charge >= 0.3 is 0 Å². The zero-order valence-electron chi connectivity index (χ0n) is 15.9. The molecule has 2 aromatic rings. The van der Waals surface area contributed by atoms with Crippen molar-refractivity contribution in [3.63, 3.8) is 0 Å². The number of carbonyl (C=O) groups excluding carboxylic acids is 3. The van der Waals surface area contributed by atoms with Crippen LogP contribution < -0.4 is 10.6 Å². The standard InChI is InChI=1S/C21H24N4O3/c1-24-11-12-25(15-20(24)27)14-19(26)23-18-9-7-17(8-10-18)21(28)22-13-16-5-3-2-4-6-16/h2-10H,11-15H2,1H3,(H,22,28)(H,23,26). The molecule has 1 aliphatic heterocycles. The normalized spacial score (nSPS) is 14.6. The molecule has 0 aromatic heterocycles. The average molecular weight is 380 g/mol. The number of rotatable bonds is 6. The molecule has 7 heteroatoms. The third-order valence-corrected chi connectivity index (χ3v) is 4.63. The summed E-state index contributed by atoms with van der Waals surface area (Å²) in [6.45, 7) is 2.18. The Morgan fingerprint density at radius 2 is 1.71 bits per heavy atom. The van der Waals surface area contributed by atoms with Gasteiger partial charge in [-0.3, -0.25) is 19.3 Å². The van der Waals surface area contributed by atoms with E-state index in [-0.39, 0.29) is 30.8 Å². The lowest BCUT2D eigenvalue weighted by atomic mass is 10.1. The number of carbonyl (C=O) groups is 3. The van der Waals surface area contributed by atoms with E-state index in [0.29, 0.717) is 30.9 Å². The first-order valence-electron chi connectivity index (χ1n) is 9.19. The van der Waals surface area contributed by atoms with E-state index >= 15 is 0 Å². The smallest absolute Gasteiger partial charge is 0.251 e. The van der Waals surface area contributed by atoms with Gasteiger partial charge in [0.2, 0.25) is 11.8 Å². The second kappa shape index (κ2) is 9.14. The van der Waals surface area contributed by atoms with Crippen molar-refractivity contribution >= 4 is 23.4 Å². The molecule has 2 aromatic carbocycles. The van der Waals surface area contributed by atoms with Crippen LogP contribution in [0.15, 0.2) is 54.6 Å². The van der Waals surface area contributed by atoms with Crippen LogP contribution >= 0.6 is 0 Å². The molecular weight excluding hydrogens is 356 g/mol. The highest BCUT2D eigenvalue weighted by Gasteiger charge is 2.22. The fourth-order valence-electron chi connectivity index (χ4n) is 2.93. The van der Waals surface area contributed by atoms with Gasteiger partial charge < -0.3 is 15.5 Å². The minimum atomic E-state index is -0.182. The molecule has 28 heavy (non-hydrogen) atoms.